The van der Waals surface area contributed by atoms with Crippen molar-refractivity contribution in [3.05, 3.63) is 71.8 Å². The fourth-order valence-corrected chi connectivity index (χ4v) is 5.35. The summed E-state index contributed by atoms with van der Waals surface area (Å²) in [7, 11) is 0. The molecule has 0 aliphatic carbocycles. The Bertz CT molecular complexity index is 1200. The van der Waals surface area contributed by atoms with E-state index in [0.717, 1.165) is 48.8 Å². The van der Waals surface area contributed by atoms with E-state index in [1.54, 1.807) is 11.3 Å². The standard InChI is InChI=1S/C25H25N3OS/c1-2-18-8-6-12-22-24(18)26-25(30-22)28-15-13-27(14-16-28)23(29)17-20-10-5-9-19-7-3-4-11-21(19)20/h3-12H,2,13-17H2,1H3. The van der Waals surface area contributed by atoms with Crippen molar-refractivity contribution in [1.82, 2.24) is 9.88 Å². The van der Waals surface area contributed by atoms with Crippen molar-refractivity contribution in [3.8, 4) is 0 Å². The number of anilines is 1. The van der Waals surface area contributed by atoms with Gasteiger partial charge in [0.25, 0.3) is 0 Å². The first kappa shape index (κ1) is 19.1. The van der Waals surface area contributed by atoms with Crippen LogP contribution in [0.4, 0.5) is 5.13 Å². The van der Waals surface area contributed by atoms with E-state index < -0.39 is 0 Å². The first-order valence-electron chi connectivity index (χ1n) is 10.6. The Labute approximate surface area is 180 Å². The molecule has 1 saturated heterocycles. The number of piperazine rings is 1. The number of hydrogen-bond donors (Lipinski definition) is 0. The highest BCUT2D eigenvalue weighted by molar-refractivity contribution is 7.22. The van der Waals surface area contributed by atoms with E-state index in [9.17, 15) is 4.79 Å². The fraction of sp³-hybridized carbons (Fsp3) is 0.280. The van der Waals surface area contributed by atoms with E-state index in [1.807, 2.05) is 23.1 Å². The zero-order valence-corrected chi connectivity index (χ0v) is 18.0. The predicted octanol–water partition coefficient (Wildman–Crippen LogP) is 4.90. The van der Waals surface area contributed by atoms with Crippen molar-refractivity contribution >= 4 is 43.4 Å². The minimum Gasteiger partial charge on any atom is -0.345 e. The van der Waals surface area contributed by atoms with Crippen LogP contribution in [0.3, 0.4) is 0 Å². The van der Waals surface area contributed by atoms with Gasteiger partial charge >= 0.3 is 0 Å². The van der Waals surface area contributed by atoms with Crippen molar-refractivity contribution in [1.29, 1.82) is 0 Å². The molecule has 3 aromatic carbocycles. The van der Waals surface area contributed by atoms with Crippen LogP contribution in [-0.4, -0.2) is 42.0 Å². The zero-order chi connectivity index (χ0) is 20.5. The minimum atomic E-state index is 0.212. The normalized spacial score (nSPS) is 14.6. The van der Waals surface area contributed by atoms with Gasteiger partial charge in [0.2, 0.25) is 5.91 Å². The lowest BCUT2D eigenvalue weighted by Crippen LogP contribution is -2.49. The molecule has 30 heavy (non-hydrogen) atoms. The molecule has 0 unspecified atom stereocenters. The number of nitrogens with zero attached hydrogens (tertiary/aromatic N) is 3. The second-order valence-corrected chi connectivity index (χ2v) is 8.81. The molecule has 1 aromatic heterocycles. The average molecular weight is 416 g/mol. The van der Waals surface area contributed by atoms with Crippen LogP contribution in [-0.2, 0) is 17.6 Å². The van der Waals surface area contributed by atoms with Gasteiger partial charge in [-0.15, -0.1) is 0 Å². The smallest absolute Gasteiger partial charge is 0.227 e. The van der Waals surface area contributed by atoms with Crippen LogP contribution in [0.15, 0.2) is 60.7 Å². The Morgan fingerprint density at radius 1 is 0.933 bits per heavy atom. The van der Waals surface area contributed by atoms with Gasteiger partial charge in [-0.25, -0.2) is 4.98 Å². The van der Waals surface area contributed by atoms with Crippen molar-refractivity contribution in [2.75, 3.05) is 31.1 Å². The SMILES string of the molecule is CCc1cccc2sc(N3CCN(C(=O)Cc4cccc5ccccc45)CC3)nc12. The molecule has 2 heterocycles. The number of benzene rings is 3. The van der Waals surface area contributed by atoms with Crippen LogP contribution in [0.2, 0.25) is 0 Å². The Hall–Kier alpha value is -2.92. The molecule has 5 heteroatoms. The molecule has 0 atom stereocenters. The van der Waals surface area contributed by atoms with E-state index in [0.29, 0.717) is 6.42 Å². The maximum Gasteiger partial charge on any atom is 0.227 e. The van der Waals surface area contributed by atoms with Crippen molar-refractivity contribution in [3.63, 3.8) is 0 Å². The second kappa shape index (κ2) is 8.07. The number of carbonyl (C=O) groups is 1. The van der Waals surface area contributed by atoms with E-state index in [4.69, 9.17) is 4.98 Å². The number of hydrogen-bond acceptors (Lipinski definition) is 4. The highest BCUT2D eigenvalue weighted by atomic mass is 32.1. The third-order valence-electron chi connectivity index (χ3n) is 6.00. The van der Waals surface area contributed by atoms with Gasteiger partial charge in [0, 0.05) is 26.2 Å². The summed E-state index contributed by atoms with van der Waals surface area (Å²) in [6.07, 6.45) is 1.46. The summed E-state index contributed by atoms with van der Waals surface area (Å²) in [6, 6.07) is 20.9. The molecule has 0 saturated carbocycles. The number of aromatic nitrogens is 1. The first-order chi connectivity index (χ1) is 14.7. The number of amides is 1. The molecule has 0 spiro atoms. The zero-order valence-electron chi connectivity index (χ0n) is 17.2. The summed E-state index contributed by atoms with van der Waals surface area (Å²) in [5.41, 5.74) is 3.55. The molecule has 4 nitrogen and oxygen atoms in total. The number of aryl methyl sites for hydroxylation is 1. The Morgan fingerprint density at radius 2 is 1.67 bits per heavy atom. The van der Waals surface area contributed by atoms with Gasteiger partial charge in [-0.2, -0.15) is 0 Å². The van der Waals surface area contributed by atoms with Gasteiger partial charge in [0.05, 0.1) is 16.6 Å². The highest BCUT2D eigenvalue weighted by Gasteiger charge is 2.23. The molecule has 1 aliphatic rings. The molecule has 0 bridgehead atoms. The number of para-hydroxylation sites is 1. The van der Waals surface area contributed by atoms with Crippen LogP contribution in [0, 0.1) is 0 Å². The largest absolute Gasteiger partial charge is 0.345 e. The molecular weight excluding hydrogens is 390 g/mol. The molecule has 4 aromatic rings. The van der Waals surface area contributed by atoms with E-state index in [-0.39, 0.29) is 5.91 Å². The fourth-order valence-electron chi connectivity index (χ4n) is 4.28. The molecule has 5 rings (SSSR count). The Morgan fingerprint density at radius 3 is 2.50 bits per heavy atom. The van der Waals surface area contributed by atoms with E-state index >= 15 is 0 Å². The quantitative estimate of drug-likeness (QED) is 0.475. The predicted molar refractivity (Wildman–Crippen MR) is 125 cm³/mol. The summed E-state index contributed by atoms with van der Waals surface area (Å²) in [5.74, 6) is 0.212. The van der Waals surface area contributed by atoms with E-state index in [1.165, 1.54) is 21.0 Å². The number of carbonyl (C=O) groups excluding carboxylic acids is 1. The number of rotatable bonds is 4. The van der Waals surface area contributed by atoms with Crippen LogP contribution >= 0.6 is 11.3 Å². The molecule has 0 radical (unpaired) electrons. The average Bonchev–Trinajstić information content (AvgIpc) is 3.24. The third kappa shape index (κ3) is 3.54. The van der Waals surface area contributed by atoms with Crippen molar-refractivity contribution < 1.29 is 4.79 Å². The lowest BCUT2D eigenvalue weighted by Gasteiger charge is -2.34. The van der Waals surface area contributed by atoms with Crippen LogP contribution in [0.25, 0.3) is 21.0 Å². The molecule has 1 fully saturated rings. The lowest BCUT2D eigenvalue weighted by atomic mass is 10.0. The van der Waals surface area contributed by atoms with Gasteiger partial charge in [-0.3, -0.25) is 4.79 Å². The van der Waals surface area contributed by atoms with Crippen LogP contribution in [0.1, 0.15) is 18.1 Å². The first-order valence-corrected chi connectivity index (χ1v) is 11.4. The molecule has 0 N–H and O–H groups in total. The summed E-state index contributed by atoms with van der Waals surface area (Å²) < 4.78 is 1.25. The summed E-state index contributed by atoms with van der Waals surface area (Å²) in [6.45, 7) is 5.35. The molecule has 1 amide bonds. The van der Waals surface area contributed by atoms with Crippen molar-refractivity contribution in [2.45, 2.75) is 19.8 Å². The van der Waals surface area contributed by atoms with Gasteiger partial charge in [-0.05, 0) is 34.4 Å². The van der Waals surface area contributed by atoms with Gasteiger partial charge < -0.3 is 9.80 Å². The maximum atomic E-state index is 13.0. The maximum absolute atomic E-state index is 13.0. The summed E-state index contributed by atoms with van der Waals surface area (Å²) in [5, 5.41) is 3.44. The monoisotopic (exact) mass is 415 g/mol. The third-order valence-corrected chi connectivity index (χ3v) is 7.08. The van der Waals surface area contributed by atoms with E-state index in [2.05, 4.69) is 54.3 Å². The van der Waals surface area contributed by atoms with Crippen molar-refractivity contribution in [2.24, 2.45) is 0 Å². The summed E-state index contributed by atoms with van der Waals surface area (Å²) in [4.78, 5) is 22.2. The summed E-state index contributed by atoms with van der Waals surface area (Å²) >= 11 is 1.76. The van der Waals surface area contributed by atoms with Gasteiger partial charge in [0.1, 0.15) is 0 Å². The Kier molecular flexibility index (Phi) is 5.13. The number of thiazole rings is 1. The second-order valence-electron chi connectivity index (χ2n) is 7.80. The van der Waals surface area contributed by atoms with Gasteiger partial charge in [0.15, 0.2) is 5.13 Å². The molecule has 152 valence electrons. The molecular formula is C25H25N3OS. The van der Waals surface area contributed by atoms with Crippen LogP contribution in [0.5, 0.6) is 0 Å². The lowest BCUT2D eigenvalue weighted by molar-refractivity contribution is -0.130. The topological polar surface area (TPSA) is 36.4 Å². The highest BCUT2D eigenvalue weighted by Crippen LogP contribution is 2.31. The molecule has 1 aliphatic heterocycles. The minimum absolute atomic E-state index is 0.212. The van der Waals surface area contributed by atoms with Crippen LogP contribution < -0.4 is 4.90 Å². The number of fused-ring (bicyclic) bond motifs is 2. The van der Waals surface area contributed by atoms with Gasteiger partial charge in [-0.1, -0.05) is 72.9 Å². The Balaban J connectivity index is 1.27.